The summed E-state index contributed by atoms with van der Waals surface area (Å²) in [5, 5.41) is 25.5. The van der Waals surface area contributed by atoms with Crippen LogP contribution in [0.5, 0.6) is 0 Å². The van der Waals surface area contributed by atoms with Crippen molar-refractivity contribution >= 4 is 47.6 Å². The number of ether oxygens (including phenoxy) is 8. The second kappa shape index (κ2) is 17.1. The summed E-state index contributed by atoms with van der Waals surface area (Å²) in [5.74, 6) is -11.1. The van der Waals surface area contributed by atoms with Gasteiger partial charge in [-0.3, -0.25) is 24.2 Å². The molecule has 4 bridgehead atoms. The highest BCUT2D eigenvalue weighted by Gasteiger charge is 2.91. The quantitative estimate of drug-likeness (QED) is 0.242. The van der Waals surface area contributed by atoms with E-state index < -0.39 is 131 Å². The van der Waals surface area contributed by atoms with E-state index in [1.807, 2.05) is 0 Å². The van der Waals surface area contributed by atoms with Crippen molar-refractivity contribution in [3.8, 4) is 0 Å². The van der Waals surface area contributed by atoms with Gasteiger partial charge in [0.25, 0.3) is 0 Å². The van der Waals surface area contributed by atoms with Gasteiger partial charge >= 0.3 is 41.8 Å². The number of carbonyl (C=O) groups excluding carboxylic acids is 8. The number of pyridine rings is 1. The number of aryl methyl sites for hydroxylation is 1. The lowest BCUT2D eigenvalue weighted by Gasteiger charge is -2.66. The number of carbonyl (C=O) groups is 8. The van der Waals surface area contributed by atoms with Gasteiger partial charge in [0, 0.05) is 27.0 Å². The molecule has 65 heavy (non-hydrogen) atoms. The molecular formula is C46H47NO18. The molecule has 1 unspecified atom stereocenters. The highest BCUT2D eigenvalue weighted by atomic mass is 16.7. The minimum Gasteiger partial charge on any atom is -0.465 e. The van der Waals surface area contributed by atoms with Crippen LogP contribution in [0, 0.1) is 11.3 Å². The fourth-order valence-electron chi connectivity index (χ4n) is 9.75. The third kappa shape index (κ3) is 7.80. The molecule has 2 aromatic carbocycles. The molecule has 0 radical (unpaired) electrons. The summed E-state index contributed by atoms with van der Waals surface area (Å²) < 4.78 is 48.9. The summed E-state index contributed by atoms with van der Waals surface area (Å²) in [6.07, 6.45) is -10.7. The molecule has 2 aliphatic carbocycles. The van der Waals surface area contributed by atoms with Crippen LogP contribution in [-0.4, -0.2) is 129 Å². The Kier molecular flexibility index (Phi) is 12.2. The lowest BCUT2D eigenvalue weighted by atomic mass is 9.45. The van der Waals surface area contributed by atoms with Gasteiger partial charge in [0.05, 0.1) is 28.3 Å². The number of hydrogen-bond acceptors (Lipinski definition) is 19. The van der Waals surface area contributed by atoms with Gasteiger partial charge in [-0.2, -0.15) is 0 Å². The molecule has 19 nitrogen and oxygen atoms in total. The van der Waals surface area contributed by atoms with Crippen molar-refractivity contribution in [2.45, 2.75) is 107 Å². The first-order chi connectivity index (χ1) is 30.6. The fraction of sp³-hybridized carbons (Fsp3) is 0.457. The van der Waals surface area contributed by atoms with Crippen molar-refractivity contribution in [2.75, 3.05) is 13.2 Å². The number of nitrogens with zero attached hydrogens (tertiary/aromatic N) is 1. The van der Waals surface area contributed by atoms with Gasteiger partial charge in [0.1, 0.15) is 35.9 Å². The van der Waals surface area contributed by atoms with Gasteiger partial charge in [-0.1, -0.05) is 36.4 Å². The molecule has 1 spiro atoms. The van der Waals surface area contributed by atoms with E-state index in [9.17, 15) is 43.8 Å². The molecule has 11 atom stereocenters. The van der Waals surface area contributed by atoms with Crippen molar-refractivity contribution in [2.24, 2.45) is 11.3 Å². The molecule has 3 aromatic rings. The number of rotatable bonds is 8. The Morgan fingerprint density at radius 2 is 1.35 bits per heavy atom. The summed E-state index contributed by atoms with van der Waals surface area (Å²) in [7, 11) is 0. The van der Waals surface area contributed by atoms with E-state index in [0.717, 1.165) is 34.6 Å². The van der Waals surface area contributed by atoms with E-state index in [-0.39, 0.29) is 28.8 Å². The summed E-state index contributed by atoms with van der Waals surface area (Å²) >= 11 is 0. The van der Waals surface area contributed by atoms with Crippen LogP contribution in [0.2, 0.25) is 0 Å². The van der Waals surface area contributed by atoms with E-state index >= 15 is 4.79 Å². The van der Waals surface area contributed by atoms with E-state index in [0.29, 0.717) is 0 Å². The molecule has 2 N–H and O–H groups in total. The van der Waals surface area contributed by atoms with Crippen LogP contribution in [-0.2, 0) is 68.3 Å². The summed E-state index contributed by atoms with van der Waals surface area (Å²) in [6.45, 7) is 4.17. The third-order valence-electron chi connectivity index (χ3n) is 12.6. The van der Waals surface area contributed by atoms with Crippen molar-refractivity contribution in [3.05, 3.63) is 101 Å². The third-order valence-corrected chi connectivity index (χ3v) is 12.6. The average molecular weight is 902 g/mol. The predicted octanol–water partition coefficient (Wildman–Crippen LogP) is 2.20. The molecule has 3 fully saturated rings. The number of benzene rings is 2. The van der Waals surface area contributed by atoms with Crippen molar-refractivity contribution in [1.29, 1.82) is 0 Å². The zero-order valence-corrected chi connectivity index (χ0v) is 36.2. The van der Waals surface area contributed by atoms with Crippen LogP contribution >= 0.6 is 0 Å². The van der Waals surface area contributed by atoms with E-state index in [2.05, 4.69) is 4.98 Å². The Bertz CT molecular complexity index is 2420. The zero-order chi connectivity index (χ0) is 47.3. The molecule has 2 aliphatic heterocycles. The number of Topliss-reactive ketones (excluding diaryl/α,β-unsaturated/α-hetero) is 1. The molecule has 344 valence electrons. The normalized spacial score (nSPS) is 34.0. The van der Waals surface area contributed by atoms with Crippen molar-refractivity contribution in [1.82, 2.24) is 4.98 Å². The fourth-order valence-corrected chi connectivity index (χ4v) is 9.75. The molecule has 3 heterocycles. The summed E-state index contributed by atoms with van der Waals surface area (Å²) in [4.78, 5) is 117. The van der Waals surface area contributed by atoms with Crippen molar-refractivity contribution in [3.63, 3.8) is 0 Å². The Morgan fingerprint density at radius 1 is 0.754 bits per heavy atom. The number of aliphatic hydroxyl groups is 2. The first-order valence-electron chi connectivity index (χ1n) is 20.6. The smallest absolute Gasteiger partial charge is 0.340 e. The molecule has 19 heteroatoms. The lowest BCUT2D eigenvalue weighted by Crippen LogP contribution is -2.89. The SMILES string of the molecule is CC(=O)OC[C@]12[C@H](OC(C)=O)C(=O)[C@@H]3[C@@H](OC(C)=O)[C@]14O[C@@]3(C)COC(=O)c1cccnc1CCC(C)(O)C(=O)O[C@@H]([C@H](OC(=O)c1ccccc1)[C@@H]2OC(=O)c1ccccc1)[C@]4(C)O. The predicted molar refractivity (Wildman–Crippen MR) is 216 cm³/mol. The lowest BCUT2D eigenvalue weighted by molar-refractivity contribution is -0.375. The van der Waals surface area contributed by atoms with Gasteiger partial charge in [-0.15, -0.1) is 0 Å². The largest absolute Gasteiger partial charge is 0.465 e. The van der Waals surface area contributed by atoms with Gasteiger partial charge in [0.15, 0.2) is 41.4 Å². The summed E-state index contributed by atoms with van der Waals surface area (Å²) in [6, 6.07) is 17.3. The maximum atomic E-state index is 15.6. The van der Waals surface area contributed by atoms with Gasteiger partial charge < -0.3 is 48.1 Å². The first-order valence-corrected chi connectivity index (χ1v) is 20.6. The molecule has 4 aliphatic rings. The van der Waals surface area contributed by atoms with Crippen molar-refractivity contribution < 1.29 is 86.5 Å². The molecule has 1 aromatic heterocycles. The first kappa shape index (κ1) is 46.4. The van der Waals surface area contributed by atoms with Crippen LogP contribution in [0.3, 0.4) is 0 Å². The Hall–Kier alpha value is -6.57. The Balaban J connectivity index is 1.61. The second-order valence-corrected chi connectivity index (χ2v) is 17.1. The topological polar surface area (TPSA) is 264 Å². The Morgan fingerprint density at radius 3 is 1.94 bits per heavy atom. The number of fused-ring (bicyclic) bond motifs is 5. The average Bonchev–Trinajstić information content (AvgIpc) is 3.49. The maximum Gasteiger partial charge on any atom is 0.340 e. The van der Waals surface area contributed by atoms with Crippen LogP contribution < -0.4 is 0 Å². The minimum absolute atomic E-state index is 0.0766. The molecular weight excluding hydrogens is 854 g/mol. The molecule has 2 saturated carbocycles. The Labute approximate surface area is 371 Å². The van der Waals surface area contributed by atoms with Gasteiger partial charge in [0.2, 0.25) is 0 Å². The van der Waals surface area contributed by atoms with Crippen LogP contribution in [0.4, 0.5) is 0 Å². The second-order valence-electron chi connectivity index (χ2n) is 17.1. The van der Waals surface area contributed by atoms with E-state index in [1.165, 1.54) is 73.8 Å². The number of aromatic nitrogens is 1. The highest BCUT2D eigenvalue weighted by molar-refractivity contribution is 5.95. The van der Waals surface area contributed by atoms with Gasteiger partial charge in [-0.05, 0) is 70.0 Å². The number of ketones is 1. The number of esters is 7. The standard InChI is InChI=1S/C46H47NO18/c1-24(48)58-23-45-35(61-26(3)50)32(51)31-34(60-25(2)49)46(45)44(6,57)36(33(62-38(52)27-14-9-7-10-15-27)37(45)63-39(53)28-16-11-8-12-17-28)64-41(55)42(4,56)20-19-30-29(18-13-21-47-30)40(54)59-22-43(31,5)65-46/h7-18,21,31,33-37,56-57H,19-20,22-23H2,1-6H3/t31-,33+,34-,35-,36+,37+,42?,43+,44+,45-,46-/m1/s1. The molecule has 7 rings (SSSR count). The monoisotopic (exact) mass is 901 g/mol. The van der Waals surface area contributed by atoms with Crippen LogP contribution in [0.15, 0.2) is 79.0 Å². The van der Waals surface area contributed by atoms with Gasteiger partial charge in [-0.25, -0.2) is 19.2 Å². The molecule has 0 amide bonds. The van der Waals surface area contributed by atoms with E-state index in [4.69, 9.17) is 37.9 Å². The van der Waals surface area contributed by atoms with E-state index in [1.54, 1.807) is 12.1 Å². The highest BCUT2D eigenvalue weighted by Crippen LogP contribution is 2.69. The van der Waals surface area contributed by atoms with Crippen LogP contribution in [0.25, 0.3) is 0 Å². The molecule has 1 saturated heterocycles. The zero-order valence-electron chi connectivity index (χ0n) is 36.2. The van der Waals surface area contributed by atoms with Crippen LogP contribution in [0.1, 0.15) is 84.7 Å². The maximum absolute atomic E-state index is 15.6. The number of cyclic esters (lactones) is 1. The summed E-state index contributed by atoms with van der Waals surface area (Å²) in [5.41, 5.74) is -13.8. The minimum atomic E-state index is -3.03. The number of hydrogen-bond donors (Lipinski definition) is 2.